The van der Waals surface area contributed by atoms with E-state index in [2.05, 4.69) is 33.6 Å². The number of nitrogens with zero attached hydrogens (tertiary/aromatic N) is 4. The van der Waals surface area contributed by atoms with Gasteiger partial charge in [-0.2, -0.15) is 0 Å². The average molecular weight is 364 g/mol. The van der Waals surface area contributed by atoms with Gasteiger partial charge >= 0.3 is 0 Å². The zero-order valence-electron chi connectivity index (χ0n) is 16.3. The average Bonchev–Trinajstić information content (AvgIpc) is 3.54. The lowest BCUT2D eigenvalue weighted by atomic mass is 10.0. The monoisotopic (exact) mass is 364 g/mol. The van der Waals surface area contributed by atoms with Crippen LogP contribution in [0, 0.1) is 5.92 Å². The summed E-state index contributed by atoms with van der Waals surface area (Å²) in [7, 11) is 0. The van der Waals surface area contributed by atoms with Crippen LogP contribution in [0.5, 0.6) is 0 Å². The lowest BCUT2D eigenvalue weighted by Gasteiger charge is -2.37. The molecule has 1 aliphatic carbocycles. The van der Waals surface area contributed by atoms with Gasteiger partial charge in [-0.15, -0.1) is 0 Å². The quantitative estimate of drug-likeness (QED) is 0.788. The van der Waals surface area contributed by atoms with E-state index >= 15 is 0 Å². The van der Waals surface area contributed by atoms with Crippen molar-refractivity contribution < 1.29 is 4.79 Å². The fourth-order valence-electron chi connectivity index (χ4n) is 3.65. The highest BCUT2D eigenvalue weighted by molar-refractivity contribution is 5.85. The predicted molar refractivity (Wildman–Crippen MR) is 108 cm³/mol. The van der Waals surface area contributed by atoms with Crippen molar-refractivity contribution in [3.63, 3.8) is 0 Å². The SMILES string of the molecule is CC(C)N1CCN(c2cnc(-c3ccc(CC(=O)C4CC4)cc3)cn2)CC1. The molecule has 0 N–H and O–H groups in total. The van der Waals surface area contributed by atoms with E-state index in [4.69, 9.17) is 0 Å². The highest BCUT2D eigenvalue weighted by Crippen LogP contribution is 2.31. The molecular weight excluding hydrogens is 336 g/mol. The summed E-state index contributed by atoms with van der Waals surface area (Å²) < 4.78 is 0. The number of Topliss-reactive ketones (excluding diaryl/α,β-unsaturated/α-hetero) is 1. The van der Waals surface area contributed by atoms with Gasteiger partial charge in [0.15, 0.2) is 0 Å². The number of aromatic nitrogens is 2. The Bertz CT molecular complexity index is 773. The third kappa shape index (κ3) is 4.35. The number of carbonyl (C=O) groups excluding carboxylic acids is 1. The van der Waals surface area contributed by atoms with E-state index < -0.39 is 0 Å². The van der Waals surface area contributed by atoms with Crippen LogP contribution in [0.1, 0.15) is 32.3 Å². The van der Waals surface area contributed by atoms with E-state index in [0.29, 0.717) is 24.2 Å². The fourth-order valence-corrected chi connectivity index (χ4v) is 3.65. The fraction of sp³-hybridized carbons (Fsp3) is 0.500. The van der Waals surface area contributed by atoms with Crippen molar-refractivity contribution in [1.29, 1.82) is 0 Å². The van der Waals surface area contributed by atoms with Gasteiger partial charge in [-0.1, -0.05) is 24.3 Å². The summed E-state index contributed by atoms with van der Waals surface area (Å²) in [5.74, 6) is 1.66. The largest absolute Gasteiger partial charge is 0.353 e. The van der Waals surface area contributed by atoms with Crippen molar-refractivity contribution in [1.82, 2.24) is 14.9 Å². The molecule has 2 aliphatic rings. The second-order valence-electron chi connectivity index (χ2n) is 7.99. The molecule has 2 fully saturated rings. The van der Waals surface area contributed by atoms with Crippen molar-refractivity contribution in [3.8, 4) is 11.3 Å². The van der Waals surface area contributed by atoms with Crippen molar-refractivity contribution in [2.45, 2.75) is 39.2 Å². The van der Waals surface area contributed by atoms with Gasteiger partial charge in [0.2, 0.25) is 0 Å². The maximum Gasteiger partial charge on any atom is 0.147 e. The van der Waals surface area contributed by atoms with E-state index in [0.717, 1.165) is 61.7 Å². The molecule has 0 unspecified atom stereocenters. The summed E-state index contributed by atoms with van der Waals surface area (Å²) in [6, 6.07) is 8.76. The van der Waals surface area contributed by atoms with Crippen LogP contribution in [0.4, 0.5) is 5.82 Å². The first kappa shape index (κ1) is 18.1. The van der Waals surface area contributed by atoms with Crippen molar-refractivity contribution in [2.24, 2.45) is 5.92 Å². The summed E-state index contributed by atoms with van der Waals surface area (Å²) in [6.45, 7) is 8.63. The number of anilines is 1. The molecule has 2 aromatic rings. The maximum atomic E-state index is 11.9. The minimum atomic E-state index is 0.325. The van der Waals surface area contributed by atoms with Crippen LogP contribution >= 0.6 is 0 Å². The molecule has 0 spiro atoms. The summed E-state index contributed by atoms with van der Waals surface area (Å²) in [5, 5.41) is 0. The minimum absolute atomic E-state index is 0.325. The van der Waals surface area contributed by atoms with Crippen LogP contribution in [-0.2, 0) is 11.2 Å². The Balaban J connectivity index is 1.38. The van der Waals surface area contributed by atoms with Gasteiger partial charge in [-0.05, 0) is 32.3 Å². The van der Waals surface area contributed by atoms with Crippen LogP contribution in [-0.4, -0.2) is 52.9 Å². The van der Waals surface area contributed by atoms with Gasteiger partial charge in [-0.3, -0.25) is 14.7 Å². The van der Waals surface area contributed by atoms with Gasteiger partial charge in [0.05, 0.1) is 18.1 Å². The Hall–Kier alpha value is -2.27. The second-order valence-corrected chi connectivity index (χ2v) is 7.99. The highest BCUT2D eigenvalue weighted by atomic mass is 16.1. The van der Waals surface area contributed by atoms with E-state index in [1.807, 2.05) is 36.7 Å². The molecule has 1 aliphatic heterocycles. The van der Waals surface area contributed by atoms with Crippen molar-refractivity contribution in [2.75, 3.05) is 31.1 Å². The Morgan fingerprint density at radius 2 is 1.74 bits per heavy atom. The zero-order chi connectivity index (χ0) is 18.8. The van der Waals surface area contributed by atoms with Crippen LogP contribution < -0.4 is 4.90 Å². The van der Waals surface area contributed by atoms with Crippen LogP contribution in [0.15, 0.2) is 36.7 Å². The molecule has 27 heavy (non-hydrogen) atoms. The molecule has 1 saturated heterocycles. The molecule has 5 heteroatoms. The maximum absolute atomic E-state index is 11.9. The molecule has 2 heterocycles. The summed E-state index contributed by atoms with van der Waals surface area (Å²) in [6.07, 6.45) is 6.44. The number of hydrogen-bond acceptors (Lipinski definition) is 5. The standard InChI is InChI=1S/C22H28N4O/c1-16(2)25-9-11-26(12-10-25)22-15-23-20(14-24-22)18-5-3-17(4-6-18)13-21(27)19-7-8-19/h3-6,14-16,19H,7-13H2,1-2H3. The Kier molecular flexibility index (Phi) is 5.21. The number of ketones is 1. The van der Waals surface area contributed by atoms with Gasteiger partial charge in [0.25, 0.3) is 0 Å². The topological polar surface area (TPSA) is 49.3 Å². The molecule has 5 nitrogen and oxygen atoms in total. The Morgan fingerprint density at radius 1 is 1.04 bits per heavy atom. The third-order valence-electron chi connectivity index (χ3n) is 5.67. The van der Waals surface area contributed by atoms with Gasteiger partial charge in [0.1, 0.15) is 11.6 Å². The van der Waals surface area contributed by atoms with Gasteiger partial charge < -0.3 is 4.90 Å². The smallest absolute Gasteiger partial charge is 0.147 e. The van der Waals surface area contributed by atoms with Crippen LogP contribution in [0.2, 0.25) is 0 Å². The summed E-state index contributed by atoms with van der Waals surface area (Å²) in [5.41, 5.74) is 3.00. The van der Waals surface area contributed by atoms with Crippen molar-refractivity contribution >= 4 is 11.6 Å². The summed E-state index contributed by atoms with van der Waals surface area (Å²) in [4.78, 5) is 26.0. The third-order valence-corrected chi connectivity index (χ3v) is 5.67. The lowest BCUT2D eigenvalue weighted by molar-refractivity contribution is -0.119. The first-order valence-corrected chi connectivity index (χ1v) is 10.0. The second kappa shape index (κ2) is 7.77. The highest BCUT2D eigenvalue weighted by Gasteiger charge is 2.29. The normalized spacial score (nSPS) is 18.1. The molecule has 142 valence electrons. The van der Waals surface area contributed by atoms with Crippen LogP contribution in [0.25, 0.3) is 11.3 Å². The number of hydrogen-bond donors (Lipinski definition) is 0. The minimum Gasteiger partial charge on any atom is -0.353 e. The predicted octanol–water partition coefficient (Wildman–Crippen LogP) is 3.20. The molecule has 0 atom stereocenters. The molecule has 1 saturated carbocycles. The molecular formula is C22H28N4O. The first-order valence-electron chi connectivity index (χ1n) is 10.0. The van der Waals surface area contributed by atoms with Crippen molar-refractivity contribution in [3.05, 3.63) is 42.2 Å². The summed E-state index contributed by atoms with van der Waals surface area (Å²) >= 11 is 0. The van der Waals surface area contributed by atoms with E-state index in [9.17, 15) is 4.79 Å². The van der Waals surface area contributed by atoms with Gasteiger partial charge in [-0.25, -0.2) is 4.98 Å². The molecule has 1 aromatic heterocycles. The Labute approximate surface area is 161 Å². The zero-order valence-corrected chi connectivity index (χ0v) is 16.3. The molecule has 0 radical (unpaired) electrons. The number of piperazine rings is 1. The molecule has 0 bridgehead atoms. The molecule has 4 rings (SSSR count). The van der Waals surface area contributed by atoms with E-state index in [1.165, 1.54) is 0 Å². The number of carbonyl (C=O) groups is 1. The molecule has 1 aromatic carbocycles. The lowest BCUT2D eigenvalue weighted by Crippen LogP contribution is -2.49. The van der Waals surface area contributed by atoms with E-state index in [-0.39, 0.29) is 0 Å². The number of benzene rings is 1. The first-order chi connectivity index (χ1) is 13.1. The van der Waals surface area contributed by atoms with Crippen LogP contribution in [0.3, 0.4) is 0 Å². The van der Waals surface area contributed by atoms with E-state index in [1.54, 1.807) is 0 Å². The number of rotatable bonds is 6. The Morgan fingerprint density at radius 3 is 2.30 bits per heavy atom. The van der Waals surface area contributed by atoms with Gasteiger partial charge in [0, 0.05) is 50.1 Å². The molecule has 0 amide bonds.